The van der Waals surface area contributed by atoms with Crippen LogP contribution in [0.1, 0.15) is 22.0 Å². The SMILES string of the molecule is Cl.N[C@H](c1cc(C(=O)O)cc(Br)c1O)C(F)(F)CO. The highest BCUT2D eigenvalue weighted by Crippen LogP contribution is 2.38. The first-order valence-electron chi connectivity index (χ1n) is 4.70. The summed E-state index contributed by atoms with van der Waals surface area (Å²) in [4.78, 5) is 10.8. The van der Waals surface area contributed by atoms with Crippen LogP contribution in [0.5, 0.6) is 5.75 Å². The summed E-state index contributed by atoms with van der Waals surface area (Å²) in [6.07, 6.45) is 0. The third-order valence-electron chi connectivity index (χ3n) is 2.34. The molecule has 1 aromatic carbocycles. The molecule has 1 atom stereocenters. The molecule has 1 rings (SSSR count). The van der Waals surface area contributed by atoms with Gasteiger partial charge in [0.25, 0.3) is 5.92 Å². The van der Waals surface area contributed by atoms with Gasteiger partial charge in [-0.1, -0.05) is 0 Å². The molecule has 0 aliphatic heterocycles. The predicted octanol–water partition coefficient (Wildman–Crippen LogP) is 1.90. The molecule has 0 unspecified atom stereocenters. The fraction of sp³-hybridized carbons (Fsp3) is 0.300. The van der Waals surface area contributed by atoms with Crippen molar-refractivity contribution in [1.29, 1.82) is 0 Å². The topological polar surface area (TPSA) is 104 Å². The lowest BCUT2D eigenvalue weighted by Gasteiger charge is -2.23. The normalized spacial score (nSPS) is 12.7. The number of benzene rings is 1. The molecule has 0 saturated carbocycles. The second-order valence-corrected chi connectivity index (χ2v) is 4.45. The van der Waals surface area contributed by atoms with Gasteiger partial charge in [-0.25, -0.2) is 13.6 Å². The molecule has 0 aliphatic rings. The second-order valence-electron chi connectivity index (χ2n) is 3.60. The minimum Gasteiger partial charge on any atom is -0.506 e. The highest BCUT2D eigenvalue weighted by Gasteiger charge is 2.39. The summed E-state index contributed by atoms with van der Waals surface area (Å²) in [5.74, 6) is -5.61. The number of alkyl halides is 2. The predicted molar refractivity (Wildman–Crippen MR) is 69.0 cm³/mol. The van der Waals surface area contributed by atoms with Crippen LogP contribution in [-0.2, 0) is 0 Å². The van der Waals surface area contributed by atoms with Crippen LogP contribution in [-0.4, -0.2) is 33.8 Å². The van der Waals surface area contributed by atoms with Crippen molar-refractivity contribution >= 4 is 34.3 Å². The van der Waals surface area contributed by atoms with Crippen molar-refractivity contribution in [3.05, 3.63) is 27.7 Å². The van der Waals surface area contributed by atoms with Crippen LogP contribution in [0.25, 0.3) is 0 Å². The number of phenolic OH excluding ortho intramolecular Hbond substituents is 1. The van der Waals surface area contributed by atoms with E-state index < -0.39 is 35.9 Å². The number of aliphatic hydroxyl groups is 1. The van der Waals surface area contributed by atoms with E-state index in [1.165, 1.54) is 0 Å². The zero-order valence-electron chi connectivity index (χ0n) is 9.31. The average Bonchev–Trinajstić information content (AvgIpc) is 2.31. The number of aromatic hydroxyl groups is 1. The Morgan fingerprint density at radius 1 is 1.47 bits per heavy atom. The van der Waals surface area contributed by atoms with E-state index in [0.717, 1.165) is 12.1 Å². The molecule has 9 heteroatoms. The monoisotopic (exact) mass is 361 g/mol. The molecule has 0 aliphatic carbocycles. The standard InChI is InChI=1S/C10H10BrF2NO4.ClH/c11-6-2-4(9(17)18)1-5(7(6)16)8(14)10(12,13)3-15;/h1-2,8,15-16H,3,14H2,(H,17,18);1H/t8-;/m1./s1. The third kappa shape index (κ3) is 3.75. The maximum absolute atomic E-state index is 13.2. The van der Waals surface area contributed by atoms with Crippen LogP contribution in [0.2, 0.25) is 0 Å². The Bertz CT molecular complexity index is 487. The molecule has 0 amide bonds. The molecule has 0 heterocycles. The van der Waals surface area contributed by atoms with E-state index in [4.69, 9.17) is 15.9 Å². The maximum Gasteiger partial charge on any atom is 0.335 e. The molecular formula is C10H11BrClF2NO4. The zero-order valence-corrected chi connectivity index (χ0v) is 11.7. The number of aromatic carboxylic acids is 1. The molecule has 108 valence electrons. The number of hydrogen-bond donors (Lipinski definition) is 4. The minimum absolute atomic E-state index is 0. The van der Waals surface area contributed by atoms with Gasteiger partial charge < -0.3 is 21.1 Å². The molecule has 0 aromatic heterocycles. The highest BCUT2D eigenvalue weighted by molar-refractivity contribution is 9.10. The van der Waals surface area contributed by atoms with E-state index >= 15 is 0 Å². The Balaban J connectivity index is 0.00000324. The molecule has 0 radical (unpaired) electrons. The van der Waals surface area contributed by atoms with Gasteiger partial charge in [-0.05, 0) is 28.1 Å². The van der Waals surface area contributed by atoms with Crippen molar-refractivity contribution in [2.75, 3.05) is 6.61 Å². The van der Waals surface area contributed by atoms with Gasteiger partial charge in [0, 0.05) is 5.56 Å². The van der Waals surface area contributed by atoms with Crippen LogP contribution in [0.15, 0.2) is 16.6 Å². The summed E-state index contributed by atoms with van der Waals surface area (Å²) in [6, 6.07) is -0.111. The van der Waals surface area contributed by atoms with Crippen LogP contribution >= 0.6 is 28.3 Å². The van der Waals surface area contributed by atoms with Gasteiger partial charge in [0.15, 0.2) is 0 Å². The van der Waals surface area contributed by atoms with Crippen molar-refractivity contribution < 1.29 is 28.9 Å². The Morgan fingerprint density at radius 2 is 2.00 bits per heavy atom. The quantitative estimate of drug-likeness (QED) is 0.655. The number of hydrogen-bond acceptors (Lipinski definition) is 4. The number of aliphatic hydroxyl groups excluding tert-OH is 1. The van der Waals surface area contributed by atoms with Gasteiger partial charge >= 0.3 is 5.97 Å². The lowest BCUT2D eigenvalue weighted by Crippen LogP contribution is -2.36. The third-order valence-corrected chi connectivity index (χ3v) is 2.95. The molecule has 0 spiro atoms. The molecule has 0 bridgehead atoms. The summed E-state index contributed by atoms with van der Waals surface area (Å²) in [5, 5.41) is 26.9. The lowest BCUT2D eigenvalue weighted by molar-refractivity contribution is -0.0716. The van der Waals surface area contributed by atoms with Gasteiger partial charge in [-0.15, -0.1) is 12.4 Å². The minimum atomic E-state index is -3.67. The first kappa shape index (κ1) is 18.0. The highest BCUT2D eigenvalue weighted by atomic mass is 79.9. The van der Waals surface area contributed by atoms with E-state index in [1.807, 2.05) is 0 Å². The first-order chi connectivity index (χ1) is 8.20. The number of rotatable bonds is 4. The Hall–Kier alpha value is -0.960. The Kier molecular flexibility index (Phi) is 6.14. The van der Waals surface area contributed by atoms with Crippen LogP contribution in [0.3, 0.4) is 0 Å². The smallest absolute Gasteiger partial charge is 0.335 e. The summed E-state index contributed by atoms with van der Waals surface area (Å²) >= 11 is 2.85. The molecule has 5 N–H and O–H groups in total. The summed E-state index contributed by atoms with van der Waals surface area (Å²) in [7, 11) is 0. The average molecular weight is 363 g/mol. The van der Waals surface area contributed by atoms with E-state index in [9.17, 15) is 18.7 Å². The number of carbonyl (C=O) groups is 1. The molecule has 1 aromatic rings. The number of halogens is 4. The number of carboxylic acid groups (broad SMARTS) is 1. The zero-order chi connectivity index (χ0) is 14.1. The fourth-order valence-electron chi connectivity index (χ4n) is 1.31. The fourth-order valence-corrected chi connectivity index (χ4v) is 1.78. The lowest BCUT2D eigenvalue weighted by atomic mass is 9.98. The summed E-state index contributed by atoms with van der Waals surface area (Å²) in [6.45, 7) is -1.51. The van der Waals surface area contributed by atoms with Crippen molar-refractivity contribution in [2.24, 2.45) is 5.73 Å². The Morgan fingerprint density at radius 3 is 2.42 bits per heavy atom. The number of nitrogens with two attached hydrogens (primary N) is 1. The van der Waals surface area contributed by atoms with Crippen LogP contribution in [0, 0.1) is 0 Å². The summed E-state index contributed by atoms with van der Waals surface area (Å²) < 4.78 is 26.4. The molecule has 5 nitrogen and oxygen atoms in total. The maximum atomic E-state index is 13.2. The van der Waals surface area contributed by atoms with Gasteiger partial charge in [-0.2, -0.15) is 0 Å². The number of phenols is 1. The summed E-state index contributed by atoms with van der Waals surface area (Å²) in [5.41, 5.74) is 4.47. The number of carboxylic acids is 1. The molecular weight excluding hydrogens is 351 g/mol. The van der Waals surface area contributed by atoms with Crippen molar-refractivity contribution in [2.45, 2.75) is 12.0 Å². The van der Waals surface area contributed by atoms with Crippen molar-refractivity contribution in [3.8, 4) is 5.75 Å². The van der Waals surface area contributed by atoms with E-state index in [2.05, 4.69) is 15.9 Å². The van der Waals surface area contributed by atoms with Gasteiger partial charge in [0.05, 0.1) is 10.0 Å². The van der Waals surface area contributed by atoms with E-state index in [-0.39, 0.29) is 22.4 Å². The van der Waals surface area contributed by atoms with E-state index in [1.54, 1.807) is 0 Å². The molecule has 0 saturated heterocycles. The largest absolute Gasteiger partial charge is 0.506 e. The molecule has 19 heavy (non-hydrogen) atoms. The van der Waals surface area contributed by atoms with E-state index in [0.29, 0.717) is 0 Å². The van der Waals surface area contributed by atoms with Crippen LogP contribution < -0.4 is 5.73 Å². The van der Waals surface area contributed by atoms with Crippen molar-refractivity contribution in [1.82, 2.24) is 0 Å². The van der Waals surface area contributed by atoms with Gasteiger partial charge in [-0.3, -0.25) is 0 Å². The van der Waals surface area contributed by atoms with Gasteiger partial charge in [0.1, 0.15) is 18.4 Å². The molecule has 0 fully saturated rings. The van der Waals surface area contributed by atoms with Crippen molar-refractivity contribution in [3.63, 3.8) is 0 Å². The Labute approximate surface area is 121 Å². The second kappa shape index (κ2) is 6.47. The van der Waals surface area contributed by atoms with Crippen LogP contribution in [0.4, 0.5) is 8.78 Å². The van der Waals surface area contributed by atoms with Gasteiger partial charge in [0.2, 0.25) is 0 Å². The first-order valence-corrected chi connectivity index (χ1v) is 5.50.